The molecular formula is C12H21N3. The van der Waals surface area contributed by atoms with Gasteiger partial charge in [-0.2, -0.15) is 0 Å². The summed E-state index contributed by atoms with van der Waals surface area (Å²) in [6, 6.07) is 4.17. The fourth-order valence-corrected chi connectivity index (χ4v) is 1.60. The first-order chi connectivity index (χ1) is 7.27. The maximum Gasteiger partial charge on any atom is 0.0400 e. The number of hydrogen-bond acceptors (Lipinski definition) is 3. The van der Waals surface area contributed by atoms with E-state index in [1.54, 1.807) is 0 Å². The van der Waals surface area contributed by atoms with Crippen LogP contribution in [0.2, 0.25) is 0 Å². The Kier molecular flexibility index (Phi) is 5.12. The van der Waals surface area contributed by atoms with Crippen LogP contribution in [0.3, 0.4) is 0 Å². The molecule has 3 nitrogen and oxygen atoms in total. The summed E-state index contributed by atoms with van der Waals surface area (Å²) < 4.78 is 0. The third kappa shape index (κ3) is 3.88. The third-order valence-corrected chi connectivity index (χ3v) is 2.43. The van der Waals surface area contributed by atoms with Crippen LogP contribution >= 0.6 is 0 Å². The van der Waals surface area contributed by atoms with E-state index in [4.69, 9.17) is 5.73 Å². The molecule has 0 aromatic carbocycles. The third-order valence-electron chi connectivity index (χ3n) is 2.43. The number of nitrogens with zero attached hydrogens (tertiary/aromatic N) is 2. The topological polar surface area (TPSA) is 42.1 Å². The van der Waals surface area contributed by atoms with Crippen LogP contribution in [-0.4, -0.2) is 24.6 Å². The number of unbranched alkanes of at least 4 members (excludes halogenated alkanes) is 1. The van der Waals surface area contributed by atoms with Crippen molar-refractivity contribution in [3.8, 4) is 0 Å². The highest BCUT2D eigenvalue weighted by atomic mass is 15.1. The summed E-state index contributed by atoms with van der Waals surface area (Å²) in [5, 5.41) is 0. The van der Waals surface area contributed by atoms with E-state index in [1.807, 2.05) is 13.1 Å². The fraction of sp³-hybridized carbons (Fsp3) is 0.583. The predicted molar refractivity (Wildman–Crippen MR) is 65.1 cm³/mol. The van der Waals surface area contributed by atoms with Crippen molar-refractivity contribution in [3.05, 3.63) is 24.0 Å². The van der Waals surface area contributed by atoms with Crippen LogP contribution in [0, 0.1) is 6.92 Å². The molecule has 1 heterocycles. The lowest BCUT2D eigenvalue weighted by molar-refractivity contribution is 0.715. The van der Waals surface area contributed by atoms with E-state index in [-0.39, 0.29) is 0 Å². The number of aryl methyl sites for hydroxylation is 1. The van der Waals surface area contributed by atoms with E-state index in [0.29, 0.717) is 6.54 Å². The van der Waals surface area contributed by atoms with Gasteiger partial charge < -0.3 is 10.6 Å². The van der Waals surface area contributed by atoms with Gasteiger partial charge >= 0.3 is 0 Å². The Balaban J connectivity index is 2.69. The van der Waals surface area contributed by atoms with Crippen molar-refractivity contribution in [1.29, 1.82) is 0 Å². The van der Waals surface area contributed by atoms with Crippen LogP contribution in [-0.2, 0) is 0 Å². The van der Waals surface area contributed by atoms with Crippen molar-refractivity contribution in [2.45, 2.75) is 26.7 Å². The minimum Gasteiger partial charge on any atom is -0.370 e. The second-order valence-electron chi connectivity index (χ2n) is 3.78. The smallest absolute Gasteiger partial charge is 0.0400 e. The molecule has 1 rings (SSSR count). The Morgan fingerprint density at radius 1 is 1.40 bits per heavy atom. The molecule has 0 aliphatic rings. The van der Waals surface area contributed by atoms with Gasteiger partial charge in [-0.3, -0.25) is 4.98 Å². The molecule has 15 heavy (non-hydrogen) atoms. The summed E-state index contributed by atoms with van der Waals surface area (Å²) in [7, 11) is 0. The predicted octanol–water partition coefficient (Wildman–Crippen LogP) is 1.96. The summed E-state index contributed by atoms with van der Waals surface area (Å²) in [5.74, 6) is 0. The first-order valence-corrected chi connectivity index (χ1v) is 5.65. The zero-order valence-corrected chi connectivity index (χ0v) is 9.74. The molecule has 84 valence electrons. The summed E-state index contributed by atoms with van der Waals surface area (Å²) in [5.41, 5.74) is 7.92. The maximum absolute atomic E-state index is 5.62. The molecule has 0 aliphatic heterocycles. The average Bonchev–Trinajstić information content (AvgIpc) is 2.24. The normalized spacial score (nSPS) is 10.3. The molecule has 0 amide bonds. The van der Waals surface area contributed by atoms with E-state index < -0.39 is 0 Å². The average molecular weight is 207 g/mol. The zero-order valence-electron chi connectivity index (χ0n) is 9.74. The molecule has 0 aliphatic carbocycles. The number of pyridine rings is 1. The van der Waals surface area contributed by atoms with Crippen LogP contribution in [0.1, 0.15) is 25.5 Å². The van der Waals surface area contributed by atoms with Gasteiger partial charge in [0.15, 0.2) is 0 Å². The second-order valence-corrected chi connectivity index (χ2v) is 3.78. The summed E-state index contributed by atoms with van der Waals surface area (Å²) in [6.45, 7) is 6.92. The Morgan fingerprint density at radius 3 is 2.80 bits per heavy atom. The standard InChI is InChI=1S/C12H21N3/c1-3-4-8-15(9-6-13)12-5-7-14-11(2)10-12/h5,7,10H,3-4,6,8-9,13H2,1-2H3. The van der Waals surface area contributed by atoms with Crippen LogP contribution in [0.4, 0.5) is 5.69 Å². The Bertz CT molecular complexity index is 286. The van der Waals surface area contributed by atoms with Crippen molar-refractivity contribution >= 4 is 5.69 Å². The van der Waals surface area contributed by atoms with Gasteiger partial charge in [-0.1, -0.05) is 13.3 Å². The molecule has 2 N–H and O–H groups in total. The van der Waals surface area contributed by atoms with Gasteiger partial charge in [0.25, 0.3) is 0 Å². The molecule has 1 aromatic heterocycles. The Morgan fingerprint density at radius 2 is 2.20 bits per heavy atom. The van der Waals surface area contributed by atoms with Gasteiger partial charge in [0.1, 0.15) is 0 Å². The van der Waals surface area contributed by atoms with Crippen LogP contribution in [0.5, 0.6) is 0 Å². The number of rotatable bonds is 6. The van der Waals surface area contributed by atoms with Crippen LogP contribution in [0.15, 0.2) is 18.3 Å². The summed E-state index contributed by atoms with van der Waals surface area (Å²) >= 11 is 0. The molecule has 3 heteroatoms. The first kappa shape index (κ1) is 12.0. The van der Waals surface area contributed by atoms with Crippen molar-refractivity contribution in [2.24, 2.45) is 5.73 Å². The molecule has 0 radical (unpaired) electrons. The lowest BCUT2D eigenvalue weighted by Crippen LogP contribution is -2.30. The van der Waals surface area contributed by atoms with Gasteiger partial charge in [-0.25, -0.2) is 0 Å². The largest absolute Gasteiger partial charge is 0.370 e. The number of anilines is 1. The molecule has 0 saturated heterocycles. The van der Waals surface area contributed by atoms with Crippen molar-refractivity contribution in [3.63, 3.8) is 0 Å². The highest BCUT2D eigenvalue weighted by molar-refractivity contribution is 5.46. The maximum atomic E-state index is 5.62. The Labute approximate surface area is 92.3 Å². The summed E-state index contributed by atoms with van der Waals surface area (Å²) in [6.07, 6.45) is 4.28. The van der Waals surface area contributed by atoms with Gasteiger partial charge in [-0.15, -0.1) is 0 Å². The van der Waals surface area contributed by atoms with E-state index in [0.717, 1.165) is 18.8 Å². The lowest BCUT2D eigenvalue weighted by Gasteiger charge is -2.24. The molecule has 0 saturated carbocycles. The van der Waals surface area contributed by atoms with Crippen LogP contribution in [0.25, 0.3) is 0 Å². The highest BCUT2D eigenvalue weighted by Gasteiger charge is 2.04. The fourth-order valence-electron chi connectivity index (χ4n) is 1.60. The van der Waals surface area contributed by atoms with E-state index in [1.165, 1.54) is 18.5 Å². The highest BCUT2D eigenvalue weighted by Crippen LogP contribution is 2.14. The molecule has 0 unspecified atom stereocenters. The second kappa shape index (κ2) is 6.40. The van der Waals surface area contributed by atoms with Crippen molar-refractivity contribution in [1.82, 2.24) is 4.98 Å². The molecule has 0 spiro atoms. The number of aromatic nitrogens is 1. The number of nitrogens with two attached hydrogens (primary N) is 1. The Hall–Kier alpha value is -1.09. The monoisotopic (exact) mass is 207 g/mol. The van der Waals surface area contributed by atoms with Gasteiger partial charge in [0.05, 0.1) is 0 Å². The molecule has 1 aromatic rings. The van der Waals surface area contributed by atoms with Gasteiger partial charge in [0, 0.05) is 37.2 Å². The molecular weight excluding hydrogens is 186 g/mol. The van der Waals surface area contributed by atoms with Gasteiger partial charge in [-0.05, 0) is 25.5 Å². The molecule has 0 atom stereocenters. The first-order valence-electron chi connectivity index (χ1n) is 5.65. The SMILES string of the molecule is CCCCN(CCN)c1ccnc(C)c1. The van der Waals surface area contributed by atoms with E-state index in [2.05, 4.69) is 28.9 Å². The number of hydrogen-bond donors (Lipinski definition) is 1. The van der Waals surface area contributed by atoms with Crippen molar-refractivity contribution in [2.75, 3.05) is 24.5 Å². The molecule has 0 fully saturated rings. The lowest BCUT2D eigenvalue weighted by atomic mass is 10.2. The van der Waals surface area contributed by atoms with Crippen molar-refractivity contribution < 1.29 is 0 Å². The zero-order chi connectivity index (χ0) is 11.1. The minimum atomic E-state index is 0.699. The van der Waals surface area contributed by atoms with E-state index in [9.17, 15) is 0 Å². The molecule has 0 bridgehead atoms. The van der Waals surface area contributed by atoms with Crippen LogP contribution < -0.4 is 10.6 Å². The quantitative estimate of drug-likeness (QED) is 0.775. The summed E-state index contributed by atoms with van der Waals surface area (Å²) in [4.78, 5) is 6.54. The van der Waals surface area contributed by atoms with Gasteiger partial charge in [0.2, 0.25) is 0 Å². The minimum absolute atomic E-state index is 0.699. The van der Waals surface area contributed by atoms with E-state index >= 15 is 0 Å².